The highest BCUT2D eigenvalue weighted by Gasteiger charge is 2.27. The standard InChI is InChI=1S/C22H30O4S/c1-15(2)27(24,25)14-18-7-4-17(5-8-18)6-9-19-12-16(3)22-20(13-19)10-11-21(23)26-22/h10-13,15,17-18H,4-9,14H2,1-3H3. The average molecular weight is 391 g/mol. The van der Waals surface area contributed by atoms with Crippen LogP contribution in [-0.2, 0) is 16.3 Å². The van der Waals surface area contributed by atoms with Crippen molar-refractivity contribution in [3.8, 4) is 0 Å². The molecule has 0 spiro atoms. The lowest BCUT2D eigenvalue weighted by Crippen LogP contribution is -2.26. The van der Waals surface area contributed by atoms with Crippen LogP contribution in [0.1, 0.15) is 57.1 Å². The molecule has 3 rings (SSSR count). The summed E-state index contributed by atoms with van der Waals surface area (Å²) in [6.45, 7) is 5.53. The predicted octanol–water partition coefficient (Wildman–Crippen LogP) is 4.66. The number of hydrogen-bond acceptors (Lipinski definition) is 4. The van der Waals surface area contributed by atoms with Gasteiger partial charge in [-0.1, -0.05) is 18.9 Å². The molecule has 148 valence electrons. The minimum absolute atomic E-state index is 0.268. The zero-order valence-electron chi connectivity index (χ0n) is 16.5. The van der Waals surface area contributed by atoms with E-state index in [0.717, 1.165) is 49.5 Å². The topological polar surface area (TPSA) is 64.3 Å². The highest BCUT2D eigenvalue weighted by molar-refractivity contribution is 7.91. The van der Waals surface area contributed by atoms with Crippen LogP contribution >= 0.6 is 0 Å². The van der Waals surface area contributed by atoms with Gasteiger partial charge in [-0.3, -0.25) is 0 Å². The zero-order valence-corrected chi connectivity index (χ0v) is 17.3. The van der Waals surface area contributed by atoms with Crippen molar-refractivity contribution in [2.24, 2.45) is 11.8 Å². The van der Waals surface area contributed by atoms with E-state index < -0.39 is 9.84 Å². The van der Waals surface area contributed by atoms with Gasteiger partial charge >= 0.3 is 5.63 Å². The third-order valence-electron chi connectivity index (χ3n) is 5.96. The van der Waals surface area contributed by atoms with Crippen LogP contribution in [0.2, 0.25) is 0 Å². The first-order chi connectivity index (χ1) is 12.7. The van der Waals surface area contributed by atoms with E-state index in [1.807, 2.05) is 13.0 Å². The molecule has 2 aromatic rings. The molecule has 27 heavy (non-hydrogen) atoms. The van der Waals surface area contributed by atoms with E-state index in [1.54, 1.807) is 13.8 Å². The molecule has 0 radical (unpaired) electrons. The lowest BCUT2D eigenvalue weighted by Gasteiger charge is -2.29. The minimum Gasteiger partial charge on any atom is -0.422 e. The highest BCUT2D eigenvalue weighted by Crippen LogP contribution is 2.33. The molecule has 0 aliphatic heterocycles. The summed E-state index contributed by atoms with van der Waals surface area (Å²) in [5.41, 5.74) is 2.65. The number of aryl methyl sites for hydroxylation is 2. The van der Waals surface area contributed by atoms with Gasteiger partial charge in [-0.05, 0) is 81.5 Å². The smallest absolute Gasteiger partial charge is 0.336 e. The van der Waals surface area contributed by atoms with Crippen molar-refractivity contribution in [1.29, 1.82) is 0 Å². The summed E-state index contributed by atoms with van der Waals surface area (Å²) in [6, 6.07) is 7.54. The number of rotatable bonds is 6. The Balaban J connectivity index is 1.55. The molecule has 0 unspecified atom stereocenters. The molecule has 0 amide bonds. The maximum Gasteiger partial charge on any atom is 0.336 e. The molecule has 1 aromatic carbocycles. The number of fused-ring (bicyclic) bond motifs is 1. The van der Waals surface area contributed by atoms with Crippen molar-refractivity contribution in [2.75, 3.05) is 5.75 Å². The van der Waals surface area contributed by atoms with Crippen LogP contribution in [0.5, 0.6) is 0 Å². The van der Waals surface area contributed by atoms with E-state index in [9.17, 15) is 13.2 Å². The second-order valence-electron chi connectivity index (χ2n) is 8.39. The molecule has 0 bridgehead atoms. The molecule has 0 saturated heterocycles. The second-order valence-corrected chi connectivity index (χ2v) is 11.0. The largest absolute Gasteiger partial charge is 0.422 e. The van der Waals surface area contributed by atoms with Gasteiger partial charge in [0.1, 0.15) is 5.58 Å². The van der Waals surface area contributed by atoms with Crippen molar-refractivity contribution in [2.45, 2.75) is 64.5 Å². The third-order valence-corrected chi connectivity index (χ3v) is 8.33. The van der Waals surface area contributed by atoms with Crippen LogP contribution in [0.15, 0.2) is 33.5 Å². The Labute approximate surface area is 161 Å². The van der Waals surface area contributed by atoms with Gasteiger partial charge in [0.25, 0.3) is 0 Å². The fourth-order valence-corrected chi connectivity index (χ4v) is 5.53. The van der Waals surface area contributed by atoms with E-state index in [-0.39, 0.29) is 10.9 Å². The lowest BCUT2D eigenvalue weighted by molar-refractivity contribution is 0.278. The van der Waals surface area contributed by atoms with Crippen LogP contribution in [0, 0.1) is 18.8 Å². The van der Waals surface area contributed by atoms with Crippen molar-refractivity contribution >= 4 is 20.8 Å². The van der Waals surface area contributed by atoms with Gasteiger partial charge in [0.2, 0.25) is 0 Å². The first-order valence-electron chi connectivity index (χ1n) is 9.99. The molecular formula is C22H30O4S. The normalized spacial score (nSPS) is 21.0. The van der Waals surface area contributed by atoms with Crippen molar-refractivity contribution in [1.82, 2.24) is 0 Å². The van der Waals surface area contributed by atoms with Crippen LogP contribution in [-0.4, -0.2) is 19.4 Å². The van der Waals surface area contributed by atoms with Gasteiger partial charge in [0, 0.05) is 11.5 Å². The van der Waals surface area contributed by atoms with Gasteiger partial charge in [-0.25, -0.2) is 13.2 Å². The molecule has 1 heterocycles. The molecule has 1 aliphatic carbocycles. The van der Waals surface area contributed by atoms with Crippen LogP contribution in [0.4, 0.5) is 0 Å². The van der Waals surface area contributed by atoms with Gasteiger partial charge in [-0.15, -0.1) is 0 Å². The summed E-state index contributed by atoms with van der Waals surface area (Å²) < 4.78 is 29.6. The Morgan fingerprint density at radius 3 is 2.41 bits per heavy atom. The van der Waals surface area contributed by atoms with Crippen molar-refractivity contribution < 1.29 is 12.8 Å². The Morgan fingerprint density at radius 2 is 1.74 bits per heavy atom. The quantitative estimate of drug-likeness (QED) is 0.673. The average Bonchev–Trinajstić information content (AvgIpc) is 2.61. The van der Waals surface area contributed by atoms with Gasteiger partial charge < -0.3 is 4.42 Å². The summed E-state index contributed by atoms with van der Waals surface area (Å²) in [7, 11) is -2.93. The Kier molecular flexibility index (Phi) is 6.09. The maximum absolute atomic E-state index is 12.1. The Hall–Kier alpha value is -1.62. The zero-order chi connectivity index (χ0) is 19.6. The summed E-state index contributed by atoms with van der Waals surface area (Å²) >= 11 is 0. The summed E-state index contributed by atoms with van der Waals surface area (Å²) in [5, 5.41) is 0.711. The summed E-state index contributed by atoms with van der Waals surface area (Å²) in [4.78, 5) is 11.4. The van der Waals surface area contributed by atoms with Crippen molar-refractivity contribution in [3.05, 3.63) is 45.8 Å². The predicted molar refractivity (Wildman–Crippen MR) is 110 cm³/mol. The number of hydrogen-bond donors (Lipinski definition) is 0. The second kappa shape index (κ2) is 8.17. The van der Waals surface area contributed by atoms with Gasteiger partial charge in [0.05, 0.1) is 11.0 Å². The minimum atomic E-state index is -2.93. The Morgan fingerprint density at radius 1 is 1.07 bits per heavy atom. The molecule has 1 fully saturated rings. The molecule has 4 nitrogen and oxygen atoms in total. The number of sulfone groups is 1. The molecule has 1 aliphatic rings. The summed E-state index contributed by atoms with van der Waals surface area (Å²) in [5.74, 6) is 1.36. The molecule has 1 aromatic heterocycles. The molecule has 0 N–H and O–H groups in total. The van der Waals surface area contributed by atoms with Crippen LogP contribution in [0.25, 0.3) is 11.0 Å². The highest BCUT2D eigenvalue weighted by atomic mass is 32.2. The van der Waals surface area contributed by atoms with E-state index in [2.05, 4.69) is 12.1 Å². The fraction of sp³-hybridized carbons (Fsp3) is 0.591. The van der Waals surface area contributed by atoms with Crippen molar-refractivity contribution in [3.63, 3.8) is 0 Å². The molecule has 0 atom stereocenters. The fourth-order valence-electron chi connectivity index (χ4n) is 4.16. The molecular weight excluding hydrogens is 360 g/mol. The van der Waals surface area contributed by atoms with Crippen LogP contribution < -0.4 is 5.63 Å². The van der Waals surface area contributed by atoms with Crippen LogP contribution in [0.3, 0.4) is 0 Å². The number of benzene rings is 1. The lowest BCUT2D eigenvalue weighted by atomic mass is 9.80. The van der Waals surface area contributed by atoms with Gasteiger partial charge in [0.15, 0.2) is 9.84 Å². The van der Waals surface area contributed by atoms with E-state index in [0.29, 0.717) is 23.2 Å². The summed E-state index contributed by atoms with van der Waals surface area (Å²) in [6.07, 6.45) is 6.44. The third kappa shape index (κ3) is 5.01. The molecule has 1 saturated carbocycles. The first-order valence-corrected chi connectivity index (χ1v) is 11.7. The maximum atomic E-state index is 12.1. The first kappa shape index (κ1) is 20.1. The van der Waals surface area contributed by atoms with Gasteiger partial charge in [-0.2, -0.15) is 0 Å². The monoisotopic (exact) mass is 390 g/mol. The molecule has 5 heteroatoms. The van der Waals surface area contributed by atoms with E-state index in [1.165, 1.54) is 11.6 Å². The SMILES string of the molecule is Cc1cc(CCC2CCC(CS(=O)(=O)C(C)C)CC2)cc2ccc(=O)oc12. The Bertz CT molecular complexity index is 948. The van der Waals surface area contributed by atoms with E-state index in [4.69, 9.17) is 4.42 Å². The van der Waals surface area contributed by atoms with E-state index >= 15 is 0 Å².